The van der Waals surface area contributed by atoms with Crippen LogP contribution in [-0.4, -0.2) is 61.4 Å². The maximum absolute atomic E-state index is 12.7. The van der Waals surface area contributed by atoms with E-state index in [0.29, 0.717) is 25.7 Å². The number of carbonyl (C=O) groups is 1. The van der Waals surface area contributed by atoms with E-state index < -0.39 is 32.6 Å². The Labute approximate surface area is 137 Å². The van der Waals surface area contributed by atoms with Crippen molar-refractivity contribution < 1.29 is 31.5 Å². The highest BCUT2D eigenvalue weighted by Crippen LogP contribution is 2.31. The molecule has 0 bridgehead atoms. The predicted octanol–water partition coefficient (Wildman–Crippen LogP) is 1.49. The van der Waals surface area contributed by atoms with Gasteiger partial charge in [-0.25, -0.2) is 8.42 Å². The molecule has 2 rings (SSSR count). The number of hydrogen-bond donors (Lipinski definition) is 1. The van der Waals surface area contributed by atoms with Crippen LogP contribution in [0.4, 0.5) is 13.2 Å². The average Bonchev–Trinajstić information content (AvgIpc) is 2.52. The van der Waals surface area contributed by atoms with Crippen LogP contribution >= 0.6 is 0 Å². The fourth-order valence-electron chi connectivity index (χ4n) is 2.43. The van der Waals surface area contributed by atoms with Crippen LogP contribution in [0.25, 0.3) is 0 Å². The van der Waals surface area contributed by atoms with Crippen LogP contribution in [0.2, 0.25) is 0 Å². The quantitative estimate of drug-likeness (QED) is 0.854. The number of aliphatic carboxylic acids is 1. The standard InChI is InChI=1S/C14H17F3N2O4S/c15-14(16,17)11-2-1-3-12(10-11)24(22,23)19-8-6-18(7-9-19)5-4-13(20)21/h1-3,10H,4-9H2,(H,20,21). The molecule has 1 aliphatic rings. The lowest BCUT2D eigenvalue weighted by Gasteiger charge is -2.33. The van der Waals surface area contributed by atoms with Crippen molar-refractivity contribution in [2.45, 2.75) is 17.5 Å². The van der Waals surface area contributed by atoms with Crippen LogP contribution in [0.15, 0.2) is 29.2 Å². The first-order chi connectivity index (χ1) is 11.1. The van der Waals surface area contributed by atoms with Crippen LogP contribution in [0.1, 0.15) is 12.0 Å². The highest BCUT2D eigenvalue weighted by Gasteiger charge is 2.33. The van der Waals surface area contributed by atoms with Gasteiger partial charge in [0.25, 0.3) is 0 Å². The maximum atomic E-state index is 12.7. The van der Waals surface area contributed by atoms with Crippen molar-refractivity contribution in [3.8, 4) is 0 Å². The number of benzene rings is 1. The largest absolute Gasteiger partial charge is 0.481 e. The number of carboxylic acids is 1. The summed E-state index contributed by atoms with van der Waals surface area (Å²) < 4.78 is 64.3. The van der Waals surface area contributed by atoms with Gasteiger partial charge < -0.3 is 10.0 Å². The molecular weight excluding hydrogens is 349 g/mol. The van der Waals surface area contributed by atoms with Crippen LogP contribution in [0, 0.1) is 0 Å². The summed E-state index contributed by atoms with van der Waals surface area (Å²) in [6.45, 7) is 1.21. The second-order valence-corrected chi connectivity index (χ2v) is 7.35. The summed E-state index contributed by atoms with van der Waals surface area (Å²) in [6.07, 6.45) is -4.65. The van der Waals surface area contributed by atoms with Gasteiger partial charge in [-0.1, -0.05) is 6.07 Å². The van der Waals surface area contributed by atoms with Gasteiger partial charge in [0.15, 0.2) is 0 Å². The van der Waals surface area contributed by atoms with Crippen LogP contribution in [0.5, 0.6) is 0 Å². The van der Waals surface area contributed by atoms with Crippen molar-refractivity contribution in [1.29, 1.82) is 0 Å². The molecule has 134 valence electrons. The summed E-state index contributed by atoms with van der Waals surface area (Å²) in [5.74, 6) is -0.936. The molecule has 1 heterocycles. The molecule has 0 saturated carbocycles. The lowest BCUT2D eigenvalue weighted by atomic mass is 10.2. The van der Waals surface area contributed by atoms with E-state index in [2.05, 4.69) is 0 Å². The third-order valence-corrected chi connectivity index (χ3v) is 5.67. The third-order valence-electron chi connectivity index (χ3n) is 3.77. The van der Waals surface area contributed by atoms with Crippen molar-refractivity contribution in [3.63, 3.8) is 0 Å². The third kappa shape index (κ3) is 4.46. The lowest BCUT2D eigenvalue weighted by Crippen LogP contribution is -2.48. The van der Waals surface area contributed by atoms with Crippen molar-refractivity contribution in [1.82, 2.24) is 9.21 Å². The molecule has 6 nitrogen and oxygen atoms in total. The Kier molecular flexibility index (Phi) is 5.51. The highest BCUT2D eigenvalue weighted by atomic mass is 32.2. The summed E-state index contributed by atoms with van der Waals surface area (Å²) >= 11 is 0. The summed E-state index contributed by atoms with van der Waals surface area (Å²) in [6, 6.07) is 3.66. The van der Waals surface area contributed by atoms with E-state index in [1.165, 1.54) is 0 Å². The van der Waals surface area contributed by atoms with E-state index >= 15 is 0 Å². The maximum Gasteiger partial charge on any atom is 0.416 e. The molecule has 1 fully saturated rings. The minimum absolute atomic E-state index is 0.0413. The summed E-state index contributed by atoms with van der Waals surface area (Å²) in [5, 5.41) is 8.64. The topological polar surface area (TPSA) is 77.9 Å². The monoisotopic (exact) mass is 366 g/mol. The van der Waals surface area contributed by atoms with E-state index in [4.69, 9.17) is 5.11 Å². The van der Waals surface area contributed by atoms with Gasteiger partial charge in [0.05, 0.1) is 16.9 Å². The predicted molar refractivity (Wildman–Crippen MR) is 78.9 cm³/mol. The normalized spacial score (nSPS) is 17.8. The number of carboxylic acid groups (broad SMARTS) is 1. The number of piperazine rings is 1. The second kappa shape index (κ2) is 7.08. The van der Waals surface area contributed by atoms with Crippen molar-refractivity contribution >= 4 is 16.0 Å². The zero-order valence-corrected chi connectivity index (χ0v) is 13.5. The Balaban J connectivity index is 2.08. The van der Waals surface area contributed by atoms with E-state index in [1.54, 1.807) is 0 Å². The van der Waals surface area contributed by atoms with E-state index in [1.807, 2.05) is 4.90 Å². The SMILES string of the molecule is O=C(O)CCN1CCN(S(=O)(=O)c2cccc(C(F)(F)F)c2)CC1. The minimum Gasteiger partial charge on any atom is -0.481 e. The van der Waals surface area contributed by atoms with Crippen molar-refractivity contribution in [2.24, 2.45) is 0 Å². The fourth-order valence-corrected chi connectivity index (χ4v) is 3.90. The first kappa shape index (κ1) is 18.7. The number of rotatable bonds is 5. The number of sulfonamides is 1. The number of nitrogens with zero attached hydrogens (tertiary/aromatic N) is 2. The lowest BCUT2D eigenvalue weighted by molar-refractivity contribution is -0.138. The first-order valence-corrected chi connectivity index (χ1v) is 8.66. The molecule has 0 unspecified atom stereocenters. The van der Waals surface area contributed by atoms with E-state index in [9.17, 15) is 26.4 Å². The Bertz CT molecular complexity index is 698. The minimum atomic E-state index is -4.61. The zero-order chi connectivity index (χ0) is 18.0. The van der Waals surface area contributed by atoms with Gasteiger partial charge >= 0.3 is 12.1 Å². The number of hydrogen-bond acceptors (Lipinski definition) is 4. The van der Waals surface area contributed by atoms with Gasteiger partial charge in [0, 0.05) is 32.7 Å². The average molecular weight is 366 g/mol. The number of alkyl halides is 3. The fraction of sp³-hybridized carbons (Fsp3) is 0.500. The molecule has 0 atom stereocenters. The molecule has 1 aliphatic heterocycles. The molecule has 0 amide bonds. The summed E-state index contributed by atoms with van der Waals surface area (Å²) in [5.41, 5.74) is -1.01. The Morgan fingerprint density at radius 1 is 1.17 bits per heavy atom. The Morgan fingerprint density at radius 2 is 1.79 bits per heavy atom. The molecule has 0 spiro atoms. The first-order valence-electron chi connectivity index (χ1n) is 7.22. The van der Waals surface area contributed by atoms with Gasteiger partial charge in [-0.15, -0.1) is 0 Å². The van der Waals surface area contributed by atoms with Crippen molar-refractivity contribution in [3.05, 3.63) is 29.8 Å². The molecule has 1 N–H and O–H groups in total. The van der Waals surface area contributed by atoms with E-state index in [0.717, 1.165) is 22.5 Å². The zero-order valence-electron chi connectivity index (χ0n) is 12.7. The van der Waals surface area contributed by atoms with Gasteiger partial charge in [0.1, 0.15) is 0 Å². The van der Waals surface area contributed by atoms with Crippen LogP contribution in [0.3, 0.4) is 0 Å². The second-order valence-electron chi connectivity index (χ2n) is 5.42. The molecule has 0 radical (unpaired) electrons. The summed E-state index contributed by atoms with van der Waals surface area (Å²) in [7, 11) is -4.01. The molecular formula is C14H17F3N2O4S. The Hall–Kier alpha value is -1.65. The molecule has 0 aromatic heterocycles. The molecule has 10 heteroatoms. The van der Waals surface area contributed by atoms with Gasteiger partial charge in [-0.2, -0.15) is 17.5 Å². The highest BCUT2D eigenvalue weighted by molar-refractivity contribution is 7.89. The number of halogens is 3. The van der Waals surface area contributed by atoms with Crippen LogP contribution < -0.4 is 0 Å². The van der Waals surface area contributed by atoms with E-state index in [-0.39, 0.29) is 19.5 Å². The Morgan fingerprint density at radius 3 is 2.33 bits per heavy atom. The van der Waals surface area contributed by atoms with Gasteiger partial charge in [-0.3, -0.25) is 4.79 Å². The summed E-state index contributed by atoms with van der Waals surface area (Å²) in [4.78, 5) is 12.0. The van der Waals surface area contributed by atoms with Crippen LogP contribution in [-0.2, 0) is 21.0 Å². The molecule has 1 saturated heterocycles. The molecule has 1 aromatic rings. The van der Waals surface area contributed by atoms with Gasteiger partial charge in [0.2, 0.25) is 10.0 Å². The smallest absolute Gasteiger partial charge is 0.416 e. The van der Waals surface area contributed by atoms with Gasteiger partial charge in [-0.05, 0) is 18.2 Å². The molecule has 1 aromatic carbocycles. The van der Waals surface area contributed by atoms with Crippen molar-refractivity contribution in [2.75, 3.05) is 32.7 Å². The molecule has 0 aliphatic carbocycles. The molecule has 24 heavy (non-hydrogen) atoms.